The van der Waals surface area contributed by atoms with Crippen molar-refractivity contribution in [2.45, 2.75) is 11.7 Å². The quantitative estimate of drug-likeness (QED) is 0.497. The molecule has 4 aromatic rings. The summed E-state index contributed by atoms with van der Waals surface area (Å²) in [5.74, 6) is 0.658. The molecule has 0 unspecified atom stereocenters. The number of para-hydroxylation sites is 2. The number of rotatable bonds is 5. The van der Waals surface area contributed by atoms with Crippen molar-refractivity contribution in [3.63, 3.8) is 0 Å². The number of halogens is 1. The van der Waals surface area contributed by atoms with Crippen LogP contribution in [0.4, 0.5) is 4.39 Å². The summed E-state index contributed by atoms with van der Waals surface area (Å²) in [6.07, 6.45) is 0. The van der Waals surface area contributed by atoms with E-state index in [2.05, 4.69) is 10.2 Å². The zero-order valence-corrected chi connectivity index (χ0v) is 15.8. The van der Waals surface area contributed by atoms with Gasteiger partial charge in [-0.1, -0.05) is 42.1 Å². The summed E-state index contributed by atoms with van der Waals surface area (Å²) in [5.41, 5.74) is 2.45. The van der Waals surface area contributed by atoms with Crippen molar-refractivity contribution in [3.05, 3.63) is 59.9 Å². The van der Waals surface area contributed by atoms with Crippen LogP contribution >= 0.6 is 11.8 Å². The highest BCUT2D eigenvalue weighted by molar-refractivity contribution is 7.99. The lowest BCUT2D eigenvalue weighted by atomic mass is 10.2. The van der Waals surface area contributed by atoms with E-state index in [1.807, 2.05) is 39.3 Å². The second kappa shape index (κ2) is 7.03. The predicted molar refractivity (Wildman–Crippen MR) is 103 cm³/mol. The fraction of sp³-hybridized carbons (Fsp3) is 0.211. The number of nitrogens with zero attached hydrogens (tertiary/aromatic N) is 5. The van der Waals surface area contributed by atoms with E-state index in [1.54, 1.807) is 31.1 Å². The van der Waals surface area contributed by atoms with E-state index in [-0.39, 0.29) is 17.5 Å². The minimum Gasteiger partial charge on any atom is -0.348 e. The van der Waals surface area contributed by atoms with Gasteiger partial charge in [0.25, 0.3) is 0 Å². The predicted octanol–water partition coefficient (Wildman–Crippen LogP) is 3.05. The molecule has 0 aliphatic heterocycles. The Morgan fingerprint density at radius 2 is 1.78 bits per heavy atom. The number of aromatic nitrogens is 4. The molecule has 0 spiro atoms. The Balaban J connectivity index is 1.80. The van der Waals surface area contributed by atoms with E-state index in [1.165, 1.54) is 17.8 Å². The van der Waals surface area contributed by atoms with Crippen molar-refractivity contribution in [2.24, 2.45) is 0 Å². The summed E-state index contributed by atoms with van der Waals surface area (Å²) in [5, 5.41) is 9.21. The monoisotopic (exact) mass is 383 g/mol. The Morgan fingerprint density at radius 3 is 2.52 bits per heavy atom. The van der Waals surface area contributed by atoms with Crippen molar-refractivity contribution in [1.29, 1.82) is 0 Å². The Bertz CT molecular complexity index is 1130. The fourth-order valence-electron chi connectivity index (χ4n) is 2.94. The second-order valence-corrected chi connectivity index (χ2v) is 7.30. The van der Waals surface area contributed by atoms with Gasteiger partial charge in [0.15, 0.2) is 5.16 Å². The normalized spacial score (nSPS) is 11.4. The van der Waals surface area contributed by atoms with Gasteiger partial charge in [0.2, 0.25) is 11.7 Å². The van der Waals surface area contributed by atoms with Crippen LogP contribution in [0.25, 0.3) is 16.8 Å². The Morgan fingerprint density at radius 1 is 1.07 bits per heavy atom. The van der Waals surface area contributed by atoms with Crippen LogP contribution in [-0.4, -0.2) is 49.8 Å². The molecular formula is C19H18FN5OS. The van der Waals surface area contributed by atoms with Crippen molar-refractivity contribution in [1.82, 2.24) is 24.1 Å². The summed E-state index contributed by atoms with van der Waals surface area (Å²) >= 11 is 1.34. The third-order valence-electron chi connectivity index (χ3n) is 4.38. The van der Waals surface area contributed by atoms with E-state index in [0.717, 1.165) is 11.0 Å². The summed E-state index contributed by atoms with van der Waals surface area (Å²) in [6.45, 7) is 0.350. The van der Waals surface area contributed by atoms with Crippen LogP contribution in [0.5, 0.6) is 0 Å². The summed E-state index contributed by atoms with van der Waals surface area (Å²) in [6, 6.07) is 14.5. The van der Waals surface area contributed by atoms with Gasteiger partial charge in [-0.25, -0.2) is 4.39 Å². The number of amides is 1. The zero-order chi connectivity index (χ0) is 19.0. The second-order valence-electron chi connectivity index (χ2n) is 6.36. The Labute approximate surface area is 159 Å². The maximum absolute atomic E-state index is 14.2. The smallest absolute Gasteiger partial charge is 0.237 e. The molecule has 2 aromatic carbocycles. The molecule has 2 heterocycles. The Kier molecular flexibility index (Phi) is 4.57. The molecule has 1 amide bonds. The maximum Gasteiger partial charge on any atom is 0.237 e. The molecule has 2 aromatic heterocycles. The van der Waals surface area contributed by atoms with E-state index < -0.39 is 0 Å². The molecule has 0 saturated carbocycles. The highest BCUT2D eigenvalue weighted by Gasteiger charge is 2.18. The van der Waals surface area contributed by atoms with Crippen LogP contribution in [0.15, 0.2) is 53.7 Å². The summed E-state index contributed by atoms with van der Waals surface area (Å²) in [7, 11) is 3.45. The van der Waals surface area contributed by atoms with E-state index in [4.69, 9.17) is 0 Å². The minimum atomic E-state index is -0.251. The third kappa shape index (κ3) is 3.16. The number of carbonyl (C=O) groups excluding carboxylic acids is 1. The van der Waals surface area contributed by atoms with Gasteiger partial charge in [0, 0.05) is 19.7 Å². The number of carbonyl (C=O) groups is 1. The molecule has 0 saturated heterocycles. The highest BCUT2D eigenvalue weighted by Crippen LogP contribution is 2.27. The Hall–Kier alpha value is -2.87. The topological polar surface area (TPSA) is 55.4 Å². The third-order valence-corrected chi connectivity index (χ3v) is 5.29. The van der Waals surface area contributed by atoms with E-state index >= 15 is 0 Å². The number of hydrogen-bond acceptors (Lipinski definition) is 4. The molecule has 0 fully saturated rings. The largest absolute Gasteiger partial charge is 0.348 e. The lowest BCUT2D eigenvalue weighted by molar-refractivity contribution is -0.125. The fourth-order valence-corrected chi connectivity index (χ4v) is 3.86. The standard InChI is InChI=1S/C19H18FN5OS/c1-23(2)17(26)12-27-19-22-21-18-24(11-13-7-3-4-8-14(13)20)15-9-5-6-10-16(15)25(18)19/h3-10H,11-12H2,1-2H3. The lowest BCUT2D eigenvalue weighted by Crippen LogP contribution is -2.23. The molecule has 138 valence electrons. The van der Waals surface area contributed by atoms with Gasteiger partial charge in [0.05, 0.1) is 23.3 Å². The number of fused-ring (bicyclic) bond motifs is 3. The zero-order valence-electron chi connectivity index (χ0n) is 15.0. The van der Waals surface area contributed by atoms with Crippen molar-refractivity contribution < 1.29 is 9.18 Å². The van der Waals surface area contributed by atoms with Gasteiger partial charge in [-0.3, -0.25) is 9.20 Å². The molecule has 0 atom stereocenters. The van der Waals surface area contributed by atoms with Crippen molar-refractivity contribution in [2.75, 3.05) is 19.8 Å². The van der Waals surface area contributed by atoms with Crippen LogP contribution in [0, 0.1) is 5.82 Å². The molecule has 27 heavy (non-hydrogen) atoms. The molecule has 0 N–H and O–H groups in total. The van der Waals surface area contributed by atoms with Crippen LogP contribution in [0.3, 0.4) is 0 Å². The average molecular weight is 383 g/mol. The first-order valence-corrected chi connectivity index (χ1v) is 9.43. The van der Waals surface area contributed by atoms with Crippen LogP contribution in [-0.2, 0) is 11.3 Å². The molecule has 8 heteroatoms. The number of imidazole rings is 1. The maximum atomic E-state index is 14.2. The van der Waals surface area contributed by atoms with Gasteiger partial charge in [-0.15, -0.1) is 10.2 Å². The lowest BCUT2D eigenvalue weighted by Gasteiger charge is -2.08. The number of hydrogen-bond donors (Lipinski definition) is 0. The number of benzene rings is 2. The van der Waals surface area contributed by atoms with Crippen LogP contribution in [0.2, 0.25) is 0 Å². The average Bonchev–Trinajstić information content (AvgIpc) is 3.21. The van der Waals surface area contributed by atoms with E-state index in [9.17, 15) is 9.18 Å². The van der Waals surface area contributed by atoms with Gasteiger partial charge in [-0.05, 0) is 18.2 Å². The first kappa shape index (κ1) is 17.5. The minimum absolute atomic E-state index is 0.00634. The molecule has 6 nitrogen and oxygen atoms in total. The summed E-state index contributed by atoms with van der Waals surface area (Å²) in [4.78, 5) is 13.5. The van der Waals surface area contributed by atoms with Crippen molar-refractivity contribution >= 4 is 34.5 Å². The molecular weight excluding hydrogens is 365 g/mol. The number of thioether (sulfide) groups is 1. The van der Waals surface area contributed by atoms with Gasteiger partial charge < -0.3 is 9.47 Å². The van der Waals surface area contributed by atoms with E-state index in [0.29, 0.717) is 23.0 Å². The summed E-state index contributed by atoms with van der Waals surface area (Å²) < 4.78 is 18.0. The molecule has 0 aliphatic rings. The van der Waals surface area contributed by atoms with Crippen LogP contribution in [0.1, 0.15) is 5.56 Å². The highest BCUT2D eigenvalue weighted by atomic mass is 32.2. The van der Waals surface area contributed by atoms with Crippen LogP contribution < -0.4 is 0 Å². The first-order chi connectivity index (χ1) is 13.1. The SMILES string of the molecule is CN(C)C(=O)CSc1nnc2n(Cc3ccccc3F)c3ccccc3n12. The molecule has 0 aliphatic carbocycles. The molecule has 4 rings (SSSR count). The van der Waals surface area contributed by atoms with Gasteiger partial charge in [0.1, 0.15) is 5.82 Å². The molecule has 0 radical (unpaired) electrons. The molecule has 0 bridgehead atoms. The van der Waals surface area contributed by atoms with Crippen molar-refractivity contribution in [3.8, 4) is 0 Å². The first-order valence-electron chi connectivity index (χ1n) is 8.45. The van der Waals surface area contributed by atoms with Gasteiger partial charge in [-0.2, -0.15) is 0 Å². The van der Waals surface area contributed by atoms with Gasteiger partial charge >= 0.3 is 0 Å².